The van der Waals surface area contributed by atoms with Crippen molar-refractivity contribution in [2.75, 3.05) is 26.0 Å². The number of carbonyl (C=O) groups excluding carboxylic acids is 1. The summed E-state index contributed by atoms with van der Waals surface area (Å²) in [5, 5.41) is 22.4. The number of rotatable bonds is 5. The number of nitrogens with zero attached hydrogens (tertiary/aromatic N) is 4. The van der Waals surface area contributed by atoms with Crippen LogP contribution in [-0.4, -0.2) is 41.4 Å². The summed E-state index contributed by atoms with van der Waals surface area (Å²) in [5.41, 5.74) is -0.441. The maximum Gasteiger partial charge on any atom is 0.328 e. The van der Waals surface area contributed by atoms with E-state index >= 15 is 0 Å². The highest BCUT2D eigenvalue weighted by Gasteiger charge is 2.20. The van der Waals surface area contributed by atoms with Gasteiger partial charge in [-0.1, -0.05) is 0 Å². The first-order valence-corrected chi connectivity index (χ1v) is 5.45. The number of hydrogen-bond acceptors (Lipinski definition) is 6. The van der Waals surface area contributed by atoms with Crippen LogP contribution in [0, 0.1) is 21.4 Å². The number of aromatic nitrogens is 1. The van der Waals surface area contributed by atoms with Crippen molar-refractivity contribution >= 4 is 17.4 Å². The standard InChI is InChI=1S/C11H13N5O3/c1-15(2)9(17)4-6-14-11-10(16(18)19)8(7-12)3-5-13-11/h3,5H,4,6H2,1-2H3,(H,13,14). The molecule has 1 amide bonds. The van der Waals surface area contributed by atoms with E-state index in [1.807, 2.05) is 0 Å². The maximum atomic E-state index is 11.4. The Hall–Kier alpha value is -2.69. The van der Waals surface area contributed by atoms with Crippen LogP contribution in [0.25, 0.3) is 0 Å². The van der Waals surface area contributed by atoms with Crippen LogP contribution in [0.15, 0.2) is 12.3 Å². The molecule has 8 heteroatoms. The van der Waals surface area contributed by atoms with Gasteiger partial charge < -0.3 is 10.2 Å². The van der Waals surface area contributed by atoms with E-state index in [1.54, 1.807) is 20.2 Å². The van der Waals surface area contributed by atoms with E-state index in [0.717, 1.165) is 0 Å². The van der Waals surface area contributed by atoms with Crippen LogP contribution in [0.5, 0.6) is 0 Å². The lowest BCUT2D eigenvalue weighted by Gasteiger charge is -2.10. The van der Waals surface area contributed by atoms with E-state index < -0.39 is 4.92 Å². The molecule has 0 atom stereocenters. The van der Waals surface area contributed by atoms with Crippen molar-refractivity contribution in [1.82, 2.24) is 9.88 Å². The molecular weight excluding hydrogens is 250 g/mol. The van der Waals surface area contributed by atoms with Crippen LogP contribution >= 0.6 is 0 Å². The second-order valence-corrected chi connectivity index (χ2v) is 3.89. The fraction of sp³-hybridized carbons (Fsp3) is 0.364. The fourth-order valence-corrected chi connectivity index (χ4v) is 1.37. The molecule has 1 aromatic heterocycles. The molecule has 1 N–H and O–H groups in total. The molecule has 19 heavy (non-hydrogen) atoms. The molecule has 0 aliphatic carbocycles. The summed E-state index contributed by atoms with van der Waals surface area (Å²) in [7, 11) is 3.25. The monoisotopic (exact) mass is 263 g/mol. The van der Waals surface area contributed by atoms with Gasteiger partial charge in [0.2, 0.25) is 11.7 Å². The third-order valence-electron chi connectivity index (χ3n) is 2.36. The fourth-order valence-electron chi connectivity index (χ4n) is 1.37. The molecule has 8 nitrogen and oxygen atoms in total. The molecule has 100 valence electrons. The van der Waals surface area contributed by atoms with Gasteiger partial charge in [0.05, 0.1) is 4.92 Å². The Morgan fingerprint density at radius 1 is 1.63 bits per heavy atom. The normalized spacial score (nSPS) is 9.53. The van der Waals surface area contributed by atoms with Crippen molar-refractivity contribution in [2.45, 2.75) is 6.42 Å². The molecule has 0 bridgehead atoms. The molecule has 0 aliphatic rings. The minimum atomic E-state index is -0.665. The Labute approximate surface area is 109 Å². The number of nitriles is 1. The number of nitrogens with one attached hydrogen (secondary N) is 1. The number of anilines is 1. The zero-order valence-corrected chi connectivity index (χ0v) is 10.6. The van der Waals surface area contributed by atoms with Crippen molar-refractivity contribution in [2.24, 2.45) is 0 Å². The van der Waals surface area contributed by atoms with Gasteiger partial charge in [-0.15, -0.1) is 0 Å². The highest BCUT2D eigenvalue weighted by atomic mass is 16.6. The lowest BCUT2D eigenvalue weighted by atomic mass is 10.2. The van der Waals surface area contributed by atoms with Crippen LogP contribution in [0.2, 0.25) is 0 Å². The van der Waals surface area contributed by atoms with Gasteiger partial charge in [-0.25, -0.2) is 4.98 Å². The van der Waals surface area contributed by atoms with Crippen molar-refractivity contribution in [3.05, 3.63) is 27.9 Å². The zero-order valence-electron chi connectivity index (χ0n) is 10.6. The van der Waals surface area contributed by atoms with E-state index in [4.69, 9.17) is 5.26 Å². The minimum Gasteiger partial charge on any atom is -0.364 e. The van der Waals surface area contributed by atoms with Crippen LogP contribution in [0.1, 0.15) is 12.0 Å². The Bertz CT molecular complexity index is 536. The van der Waals surface area contributed by atoms with E-state index in [9.17, 15) is 14.9 Å². The van der Waals surface area contributed by atoms with Crippen LogP contribution < -0.4 is 5.32 Å². The predicted molar refractivity (Wildman–Crippen MR) is 67.4 cm³/mol. The third kappa shape index (κ3) is 3.64. The smallest absolute Gasteiger partial charge is 0.328 e. The largest absolute Gasteiger partial charge is 0.364 e. The molecule has 0 radical (unpaired) electrons. The van der Waals surface area contributed by atoms with Gasteiger partial charge in [0.15, 0.2) is 0 Å². The van der Waals surface area contributed by atoms with Crippen molar-refractivity contribution in [3.63, 3.8) is 0 Å². The molecule has 0 aromatic carbocycles. The van der Waals surface area contributed by atoms with Gasteiger partial charge in [0.25, 0.3) is 0 Å². The Balaban J connectivity index is 2.82. The average Bonchev–Trinajstić information content (AvgIpc) is 2.37. The Morgan fingerprint density at radius 2 is 2.32 bits per heavy atom. The lowest BCUT2D eigenvalue weighted by Crippen LogP contribution is -2.24. The molecule has 1 rings (SSSR count). The summed E-state index contributed by atoms with van der Waals surface area (Å²) in [6.07, 6.45) is 1.49. The average molecular weight is 263 g/mol. The minimum absolute atomic E-state index is 0.00407. The summed E-state index contributed by atoms with van der Waals surface area (Å²) < 4.78 is 0. The van der Waals surface area contributed by atoms with Gasteiger partial charge >= 0.3 is 5.69 Å². The van der Waals surface area contributed by atoms with Gasteiger partial charge in [-0.05, 0) is 6.07 Å². The number of hydrogen-bond donors (Lipinski definition) is 1. The Morgan fingerprint density at radius 3 is 2.84 bits per heavy atom. The Kier molecular flexibility index (Phi) is 4.76. The predicted octanol–water partition coefficient (Wildman–Crippen LogP) is 0.752. The molecule has 0 aliphatic heterocycles. The maximum absolute atomic E-state index is 11.4. The van der Waals surface area contributed by atoms with Crippen LogP contribution in [0.3, 0.4) is 0 Å². The molecule has 0 unspecified atom stereocenters. The number of amides is 1. The SMILES string of the molecule is CN(C)C(=O)CCNc1nccc(C#N)c1[N+](=O)[O-]. The molecule has 0 fully saturated rings. The third-order valence-corrected chi connectivity index (χ3v) is 2.36. The van der Waals surface area contributed by atoms with Gasteiger partial charge in [0.1, 0.15) is 11.6 Å². The van der Waals surface area contributed by atoms with E-state index in [-0.39, 0.29) is 35.9 Å². The summed E-state index contributed by atoms with van der Waals surface area (Å²) in [6.45, 7) is 0.208. The summed E-state index contributed by atoms with van der Waals surface area (Å²) in [5.74, 6) is -0.109. The van der Waals surface area contributed by atoms with Gasteiger partial charge in [-0.2, -0.15) is 5.26 Å². The van der Waals surface area contributed by atoms with Crippen molar-refractivity contribution in [1.29, 1.82) is 5.26 Å². The van der Waals surface area contributed by atoms with E-state index in [1.165, 1.54) is 17.2 Å². The number of pyridine rings is 1. The first-order chi connectivity index (χ1) is 8.97. The number of carbonyl (C=O) groups is 1. The van der Waals surface area contributed by atoms with Crippen LogP contribution in [-0.2, 0) is 4.79 Å². The first kappa shape index (κ1) is 14.4. The molecule has 0 saturated carbocycles. The molecule has 0 spiro atoms. The summed E-state index contributed by atoms with van der Waals surface area (Å²) in [6, 6.07) is 3.01. The quantitative estimate of drug-likeness (QED) is 0.619. The topological polar surface area (TPSA) is 112 Å². The first-order valence-electron chi connectivity index (χ1n) is 5.45. The highest BCUT2D eigenvalue weighted by Crippen LogP contribution is 2.25. The second-order valence-electron chi connectivity index (χ2n) is 3.89. The molecule has 1 heterocycles. The van der Waals surface area contributed by atoms with Gasteiger partial charge in [-0.3, -0.25) is 14.9 Å². The lowest BCUT2D eigenvalue weighted by molar-refractivity contribution is -0.384. The molecule has 0 saturated heterocycles. The van der Waals surface area contributed by atoms with Crippen molar-refractivity contribution in [3.8, 4) is 6.07 Å². The second kappa shape index (κ2) is 6.30. The molecule has 1 aromatic rings. The molecular formula is C11H13N5O3. The zero-order chi connectivity index (χ0) is 14.4. The number of nitro groups is 1. The van der Waals surface area contributed by atoms with Crippen molar-refractivity contribution < 1.29 is 9.72 Å². The van der Waals surface area contributed by atoms with Crippen LogP contribution in [0.4, 0.5) is 11.5 Å². The van der Waals surface area contributed by atoms with E-state index in [2.05, 4.69) is 10.3 Å². The summed E-state index contributed by atoms with van der Waals surface area (Å²) >= 11 is 0. The van der Waals surface area contributed by atoms with E-state index in [0.29, 0.717) is 0 Å². The summed E-state index contributed by atoms with van der Waals surface area (Å²) in [4.78, 5) is 26.8. The highest BCUT2D eigenvalue weighted by molar-refractivity contribution is 5.76. The van der Waals surface area contributed by atoms with Gasteiger partial charge in [0, 0.05) is 33.3 Å².